The van der Waals surface area contributed by atoms with Crippen LogP contribution in [0.1, 0.15) is 41.9 Å². The second kappa shape index (κ2) is 9.80. The first-order valence-corrected chi connectivity index (χ1v) is 12.6. The van der Waals surface area contributed by atoms with E-state index in [1.165, 1.54) is 22.4 Å². The lowest BCUT2D eigenvalue weighted by molar-refractivity contribution is -0.141. The molecule has 0 radical (unpaired) electrons. The monoisotopic (exact) mass is 543 g/mol. The van der Waals surface area contributed by atoms with Gasteiger partial charge < -0.3 is 15.8 Å². The Labute approximate surface area is 219 Å². The minimum Gasteiger partial charge on any atom is -0.383 e. The first-order valence-electron chi connectivity index (χ1n) is 11.8. The highest BCUT2D eigenvalue weighted by atomic mass is 32.1. The quantitative estimate of drug-likeness (QED) is 0.312. The second-order valence-corrected chi connectivity index (χ2v) is 10.3. The number of aromatic nitrogens is 5. The number of anilines is 3. The molecule has 9 nitrogen and oxygen atoms in total. The van der Waals surface area contributed by atoms with Gasteiger partial charge in [0.25, 0.3) is 0 Å². The molecule has 4 aromatic rings. The van der Waals surface area contributed by atoms with Crippen LogP contribution in [0.5, 0.6) is 0 Å². The van der Waals surface area contributed by atoms with E-state index in [1.54, 1.807) is 24.5 Å². The lowest BCUT2D eigenvalue weighted by atomic mass is 9.79. The fourth-order valence-corrected chi connectivity index (χ4v) is 5.63. The van der Waals surface area contributed by atoms with Crippen LogP contribution in [0.2, 0.25) is 0 Å². The Bertz CT molecular complexity index is 1450. The minimum atomic E-state index is -4.64. The molecule has 1 amide bonds. The summed E-state index contributed by atoms with van der Waals surface area (Å²) in [6.45, 7) is 1.86. The van der Waals surface area contributed by atoms with E-state index in [2.05, 4.69) is 24.9 Å². The molecule has 1 aliphatic carbocycles. The van der Waals surface area contributed by atoms with Crippen molar-refractivity contribution in [3.8, 4) is 10.4 Å². The summed E-state index contributed by atoms with van der Waals surface area (Å²) in [6.07, 6.45) is 2.85. The fourth-order valence-electron chi connectivity index (χ4n) is 4.58. The predicted molar refractivity (Wildman–Crippen MR) is 135 cm³/mol. The summed E-state index contributed by atoms with van der Waals surface area (Å²) >= 11 is 1.33. The number of amides is 1. The number of aliphatic hydroxyl groups is 1. The van der Waals surface area contributed by atoms with Crippen LogP contribution in [0, 0.1) is 12.8 Å². The number of halogens is 3. The van der Waals surface area contributed by atoms with Gasteiger partial charge in [-0.15, -0.1) is 11.3 Å². The Kier molecular flexibility index (Phi) is 6.65. The topological polar surface area (TPSA) is 134 Å². The van der Waals surface area contributed by atoms with Crippen LogP contribution in [-0.4, -0.2) is 35.9 Å². The summed E-state index contributed by atoms with van der Waals surface area (Å²) in [6, 6.07) is 6.30. The molecule has 5 rings (SSSR count). The number of hydrogen-bond donors (Lipinski definition) is 3. The van der Waals surface area contributed by atoms with Gasteiger partial charge in [-0.3, -0.25) is 4.79 Å². The lowest BCUT2D eigenvalue weighted by Gasteiger charge is -2.33. The summed E-state index contributed by atoms with van der Waals surface area (Å²) < 4.78 is 40.2. The number of thiazole rings is 1. The Morgan fingerprint density at radius 1 is 1.18 bits per heavy atom. The van der Waals surface area contributed by atoms with Crippen molar-refractivity contribution >= 4 is 34.8 Å². The zero-order valence-corrected chi connectivity index (χ0v) is 21.1. The molecule has 4 N–H and O–H groups in total. The van der Waals surface area contributed by atoms with Gasteiger partial charge in [-0.2, -0.15) is 13.2 Å². The van der Waals surface area contributed by atoms with E-state index in [0.29, 0.717) is 36.4 Å². The van der Waals surface area contributed by atoms with Gasteiger partial charge in [0.05, 0.1) is 10.6 Å². The highest BCUT2D eigenvalue weighted by Crippen LogP contribution is 2.43. The molecule has 3 aromatic heterocycles. The number of nitrogens with one attached hydrogen (secondary N) is 1. The molecule has 0 bridgehead atoms. The van der Waals surface area contributed by atoms with Crippen molar-refractivity contribution in [3.63, 3.8) is 0 Å². The number of benzene rings is 1. The van der Waals surface area contributed by atoms with Crippen molar-refractivity contribution in [3.05, 3.63) is 65.3 Å². The number of rotatable bonds is 6. The average molecular weight is 544 g/mol. The number of nitrogens with zero attached hydrogens (tertiary/aromatic N) is 5. The molecule has 0 spiro atoms. The number of carbonyl (C=O) groups is 1. The molecular weight excluding hydrogens is 519 g/mol. The number of imidazole rings is 1. The number of nitrogens with two attached hydrogens (primary N) is 1. The maximum absolute atomic E-state index is 13.4. The summed E-state index contributed by atoms with van der Waals surface area (Å²) in [5.41, 5.74) is 5.28. The molecule has 1 saturated carbocycles. The molecule has 0 aliphatic heterocycles. The van der Waals surface area contributed by atoms with E-state index in [1.807, 2.05) is 13.0 Å². The molecule has 38 heavy (non-hydrogen) atoms. The van der Waals surface area contributed by atoms with Crippen molar-refractivity contribution in [2.75, 3.05) is 4.90 Å². The van der Waals surface area contributed by atoms with Crippen LogP contribution in [0.25, 0.3) is 10.4 Å². The van der Waals surface area contributed by atoms with E-state index in [4.69, 9.17) is 5.73 Å². The Balaban J connectivity index is 1.51. The van der Waals surface area contributed by atoms with E-state index in [9.17, 15) is 23.1 Å². The number of primary amides is 1. The van der Waals surface area contributed by atoms with Gasteiger partial charge in [0.15, 0.2) is 0 Å². The van der Waals surface area contributed by atoms with Crippen LogP contribution in [-0.2, 0) is 16.6 Å². The zero-order valence-electron chi connectivity index (χ0n) is 20.2. The normalized spacial score (nSPS) is 19.9. The molecule has 0 saturated heterocycles. The predicted octanol–water partition coefficient (Wildman–Crippen LogP) is 4.98. The minimum absolute atomic E-state index is 0.197. The first kappa shape index (κ1) is 25.8. The van der Waals surface area contributed by atoms with Gasteiger partial charge in [0, 0.05) is 30.7 Å². The smallest absolute Gasteiger partial charge is 0.383 e. The van der Waals surface area contributed by atoms with Crippen LogP contribution in [0.4, 0.5) is 30.8 Å². The number of H-pyrrole nitrogens is 1. The van der Waals surface area contributed by atoms with Crippen molar-refractivity contribution in [2.24, 2.45) is 11.7 Å². The van der Waals surface area contributed by atoms with Crippen molar-refractivity contribution in [1.82, 2.24) is 24.9 Å². The van der Waals surface area contributed by atoms with Gasteiger partial charge in [0.2, 0.25) is 17.8 Å². The Morgan fingerprint density at radius 3 is 2.61 bits per heavy atom. The largest absolute Gasteiger partial charge is 0.433 e. The highest BCUT2D eigenvalue weighted by Gasteiger charge is 2.39. The number of alkyl halides is 3. The molecule has 13 heteroatoms. The maximum Gasteiger partial charge on any atom is 0.433 e. The standard InChI is InChI=1S/C25H24F3N7O2S/c1-14-10-16(18-13-33-21(38-18)24(37)5-2-15(3-6-24)20(29)36)12-17(11-14)35(22-31-8-9-32-22)23-30-7-4-19(34-23)25(26,27)28/h4,7-13,15,37H,2-3,5-6H2,1H3,(H2,29,36)(H,31,32). The number of aryl methyl sites for hydroxylation is 1. The van der Waals surface area contributed by atoms with E-state index in [0.717, 1.165) is 28.3 Å². The molecule has 0 unspecified atom stereocenters. The summed E-state index contributed by atoms with van der Waals surface area (Å²) in [4.78, 5) is 33.1. The second-order valence-electron chi connectivity index (χ2n) is 9.28. The van der Waals surface area contributed by atoms with Crippen LogP contribution in [0.3, 0.4) is 0 Å². The molecular formula is C25H24F3N7O2S. The van der Waals surface area contributed by atoms with E-state index >= 15 is 0 Å². The third-order valence-corrected chi connectivity index (χ3v) is 7.79. The lowest BCUT2D eigenvalue weighted by Crippen LogP contribution is -2.35. The zero-order chi connectivity index (χ0) is 27.1. The van der Waals surface area contributed by atoms with Crippen molar-refractivity contribution in [1.29, 1.82) is 0 Å². The molecule has 1 fully saturated rings. The van der Waals surface area contributed by atoms with Crippen LogP contribution >= 0.6 is 11.3 Å². The van der Waals surface area contributed by atoms with Crippen LogP contribution in [0.15, 0.2) is 49.1 Å². The molecule has 1 aliphatic rings. The Hall–Kier alpha value is -3.84. The maximum atomic E-state index is 13.4. The number of hydrogen-bond acceptors (Lipinski definition) is 8. The van der Waals surface area contributed by atoms with Crippen LogP contribution < -0.4 is 10.6 Å². The fraction of sp³-hybridized carbons (Fsp3) is 0.320. The average Bonchev–Trinajstić information content (AvgIpc) is 3.57. The van der Waals surface area contributed by atoms with Gasteiger partial charge in [-0.05, 0) is 61.9 Å². The molecule has 198 valence electrons. The van der Waals surface area contributed by atoms with Gasteiger partial charge in [-0.1, -0.05) is 6.07 Å². The number of carbonyl (C=O) groups excluding carboxylic acids is 1. The van der Waals surface area contributed by atoms with Gasteiger partial charge in [0.1, 0.15) is 16.3 Å². The summed E-state index contributed by atoms with van der Waals surface area (Å²) in [7, 11) is 0. The third kappa shape index (κ3) is 5.11. The van der Waals surface area contributed by atoms with E-state index < -0.39 is 17.5 Å². The summed E-state index contributed by atoms with van der Waals surface area (Å²) in [5.74, 6) is -0.562. The Morgan fingerprint density at radius 2 is 1.95 bits per heavy atom. The van der Waals surface area contributed by atoms with Crippen molar-refractivity contribution < 1.29 is 23.1 Å². The van der Waals surface area contributed by atoms with Gasteiger partial charge in [-0.25, -0.2) is 24.8 Å². The van der Waals surface area contributed by atoms with E-state index in [-0.39, 0.29) is 23.7 Å². The number of aromatic amines is 1. The van der Waals surface area contributed by atoms with Crippen molar-refractivity contribution in [2.45, 2.75) is 44.4 Å². The highest BCUT2D eigenvalue weighted by molar-refractivity contribution is 7.15. The summed E-state index contributed by atoms with van der Waals surface area (Å²) in [5, 5.41) is 11.8. The third-order valence-electron chi connectivity index (χ3n) is 6.55. The molecule has 0 atom stereocenters. The first-order chi connectivity index (χ1) is 18.0. The SMILES string of the molecule is Cc1cc(-c2cnc(C3(O)CCC(C(N)=O)CC3)s2)cc(N(c2nccc(C(F)(F)F)n2)c2ncc[nH]2)c1. The molecule has 3 heterocycles. The molecule has 1 aromatic carbocycles. The van der Waals surface area contributed by atoms with Gasteiger partial charge >= 0.3 is 6.18 Å².